The Kier molecular flexibility index (Phi) is 8.86. The third-order valence-electron chi connectivity index (χ3n) is 4.50. The molecular weight excluding hydrogens is 548 g/mol. The smallest absolute Gasteiger partial charge is 0.396 e. The Morgan fingerprint density at radius 1 is 1.23 bits per heavy atom. The molecule has 0 aromatic carbocycles. The van der Waals surface area contributed by atoms with Gasteiger partial charge < -0.3 is 34.5 Å². The van der Waals surface area contributed by atoms with E-state index in [1.54, 1.807) is 4.98 Å². The topological polar surface area (TPSA) is 264 Å². The lowest BCUT2D eigenvalue weighted by Gasteiger charge is -2.29. The SMILES string of the molecule is CC#CC1(O)C(CO)[C@@H]([C@@H](C)OP(=O)(O)OP(=O)(O)OP(=O)(O)O)O[C@H]1n1cc(F)c(=O)[nH]c1=O. The second kappa shape index (κ2) is 10.4. The third-order valence-corrected chi connectivity index (χ3v) is 8.43. The second-order valence-corrected chi connectivity index (χ2v) is 11.4. The van der Waals surface area contributed by atoms with Gasteiger partial charge in [-0.05, 0) is 13.8 Å². The fourth-order valence-corrected chi connectivity index (χ4v) is 6.50. The normalized spacial score (nSPS) is 29.0. The molecule has 1 saturated heterocycles. The maximum absolute atomic E-state index is 13.8. The number of halogens is 1. The molecule has 7 N–H and O–H groups in total. The Balaban J connectivity index is 2.42. The molecule has 1 aliphatic heterocycles. The number of aliphatic hydroxyl groups is 2. The fourth-order valence-electron chi connectivity index (χ4n) is 3.30. The molecule has 2 rings (SSSR count). The van der Waals surface area contributed by atoms with Crippen LogP contribution < -0.4 is 11.2 Å². The second-order valence-electron chi connectivity index (χ2n) is 6.99. The zero-order valence-electron chi connectivity index (χ0n) is 17.6. The predicted molar refractivity (Wildman–Crippen MR) is 109 cm³/mol. The Hall–Kier alpha value is -1.54. The number of aromatic nitrogens is 2. The quantitative estimate of drug-likeness (QED) is 0.134. The molecule has 1 aromatic heterocycles. The van der Waals surface area contributed by atoms with E-state index in [4.69, 9.17) is 14.5 Å². The number of ether oxygens (including phenoxy) is 1. The molecule has 0 bridgehead atoms. The molecule has 17 nitrogen and oxygen atoms in total. The minimum absolute atomic E-state index is 0.387. The average Bonchev–Trinajstić information content (AvgIpc) is 2.93. The van der Waals surface area contributed by atoms with E-state index in [9.17, 15) is 47.7 Å². The zero-order chi connectivity index (χ0) is 27.0. The maximum atomic E-state index is 13.8. The standard InChI is InChI=1S/C14H20FN2O15P3/c1-3-4-14(21)8(6-18)10(29-12(14)17-5-9(15)11(19)16-13(17)20)7(2)30-34(25,26)32-35(27,28)31-33(22,23)24/h5,7-8,10,12,18,21H,6H2,1-2H3,(H,25,26)(H,27,28)(H,16,19,20)(H2,22,23,24)/t7-,8?,10-,12-,14?/m1/s1. The molecule has 0 aliphatic carbocycles. The molecule has 21 heteroatoms. The highest BCUT2D eigenvalue weighted by Crippen LogP contribution is 2.66. The summed E-state index contributed by atoms with van der Waals surface area (Å²) in [6.45, 7) is 1.28. The van der Waals surface area contributed by atoms with Crippen LogP contribution in [0.5, 0.6) is 0 Å². The number of aliphatic hydroxyl groups excluding tert-OH is 1. The first-order valence-corrected chi connectivity index (χ1v) is 13.6. The van der Waals surface area contributed by atoms with E-state index in [1.807, 2.05) is 0 Å². The van der Waals surface area contributed by atoms with Crippen molar-refractivity contribution < 1.29 is 65.8 Å². The van der Waals surface area contributed by atoms with Gasteiger partial charge in [-0.15, -0.1) is 5.92 Å². The summed E-state index contributed by atoms with van der Waals surface area (Å²) in [6.07, 6.45) is -4.92. The highest BCUT2D eigenvalue weighted by molar-refractivity contribution is 7.66. The Morgan fingerprint density at radius 2 is 1.83 bits per heavy atom. The molecule has 1 aromatic rings. The summed E-state index contributed by atoms with van der Waals surface area (Å²) in [7, 11) is -17.1. The van der Waals surface area contributed by atoms with Gasteiger partial charge in [-0.2, -0.15) is 13.0 Å². The van der Waals surface area contributed by atoms with E-state index in [2.05, 4.69) is 25.0 Å². The van der Waals surface area contributed by atoms with Gasteiger partial charge in [-0.25, -0.2) is 18.5 Å². The van der Waals surface area contributed by atoms with Gasteiger partial charge in [0.1, 0.15) is 0 Å². The largest absolute Gasteiger partial charge is 0.490 e. The van der Waals surface area contributed by atoms with Crippen LogP contribution in [0.25, 0.3) is 0 Å². The summed E-state index contributed by atoms with van der Waals surface area (Å²) in [6, 6.07) is 0. The van der Waals surface area contributed by atoms with Crippen molar-refractivity contribution in [3.63, 3.8) is 0 Å². The van der Waals surface area contributed by atoms with Crippen LogP contribution in [0.4, 0.5) is 4.39 Å². The van der Waals surface area contributed by atoms with E-state index >= 15 is 0 Å². The van der Waals surface area contributed by atoms with E-state index < -0.39 is 77.1 Å². The molecule has 0 radical (unpaired) electrons. The molecular formula is C14H20FN2O15P3. The van der Waals surface area contributed by atoms with Gasteiger partial charge >= 0.3 is 29.2 Å². The number of H-pyrrole nitrogens is 1. The Bertz CT molecular complexity index is 1280. The van der Waals surface area contributed by atoms with Crippen LogP contribution in [0.3, 0.4) is 0 Å². The molecule has 198 valence electrons. The fraction of sp³-hybridized carbons (Fsp3) is 0.571. The van der Waals surface area contributed by atoms with Gasteiger partial charge in [-0.1, -0.05) is 5.92 Å². The Labute approximate surface area is 194 Å². The first-order chi connectivity index (χ1) is 15.9. The lowest BCUT2D eigenvalue weighted by molar-refractivity contribution is -0.0872. The highest BCUT2D eigenvalue weighted by Gasteiger charge is 2.58. The summed E-state index contributed by atoms with van der Waals surface area (Å²) in [5.41, 5.74) is -5.11. The minimum atomic E-state index is -5.84. The molecule has 7 atom stereocenters. The number of phosphoric ester groups is 1. The van der Waals surface area contributed by atoms with Crippen molar-refractivity contribution in [2.45, 2.75) is 37.9 Å². The average molecular weight is 568 g/mol. The number of rotatable bonds is 9. The van der Waals surface area contributed by atoms with Gasteiger partial charge in [0.15, 0.2) is 11.8 Å². The summed E-state index contributed by atoms with van der Waals surface area (Å²) < 4.78 is 66.0. The number of nitrogens with zero attached hydrogens (tertiary/aromatic N) is 1. The molecule has 0 amide bonds. The molecule has 35 heavy (non-hydrogen) atoms. The lowest BCUT2D eigenvalue weighted by atomic mass is 9.84. The molecule has 4 unspecified atom stereocenters. The summed E-state index contributed by atoms with van der Waals surface area (Å²) in [4.78, 5) is 61.3. The van der Waals surface area contributed by atoms with Gasteiger partial charge in [-0.3, -0.25) is 18.9 Å². The zero-order valence-corrected chi connectivity index (χ0v) is 20.3. The molecule has 0 saturated carbocycles. The van der Waals surface area contributed by atoms with Crippen molar-refractivity contribution >= 4 is 23.5 Å². The van der Waals surface area contributed by atoms with Crippen LogP contribution in [0, 0.1) is 23.6 Å². The van der Waals surface area contributed by atoms with Crippen molar-refractivity contribution in [1.29, 1.82) is 0 Å². The van der Waals surface area contributed by atoms with E-state index in [1.165, 1.54) is 6.92 Å². The molecule has 2 heterocycles. The summed E-state index contributed by atoms with van der Waals surface area (Å²) >= 11 is 0. The van der Waals surface area contributed by atoms with Gasteiger partial charge in [0.05, 0.1) is 30.9 Å². The summed E-state index contributed by atoms with van der Waals surface area (Å²) in [5.74, 6) is 1.61. The lowest BCUT2D eigenvalue weighted by Crippen LogP contribution is -2.47. The van der Waals surface area contributed by atoms with Crippen molar-refractivity contribution in [2.24, 2.45) is 5.92 Å². The predicted octanol–water partition coefficient (Wildman–Crippen LogP) is -1.33. The van der Waals surface area contributed by atoms with Crippen molar-refractivity contribution in [3.8, 4) is 11.8 Å². The first-order valence-electron chi connectivity index (χ1n) is 9.11. The van der Waals surface area contributed by atoms with Crippen molar-refractivity contribution in [3.05, 3.63) is 32.9 Å². The molecule has 1 aliphatic rings. The van der Waals surface area contributed by atoms with Crippen LogP contribution in [0.1, 0.15) is 20.1 Å². The maximum Gasteiger partial charge on any atom is 0.490 e. The monoisotopic (exact) mass is 568 g/mol. The Morgan fingerprint density at radius 3 is 2.34 bits per heavy atom. The van der Waals surface area contributed by atoms with E-state index in [-0.39, 0.29) is 0 Å². The van der Waals surface area contributed by atoms with Gasteiger partial charge in [0.25, 0.3) is 5.56 Å². The molecule has 1 fully saturated rings. The van der Waals surface area contributed by atoms with Crippen molar-refractivity contribution in [2.75, 3.05) is 6.61 Å². The van der Waals surface area contributed by atoms with Gasteiger partial charge in [0, 0.05) is 0 Å². The first kappa shape index (κ1) is 29.7. The van der Waals surface area contributed by atoms with Crippen LogP contribution in [-0.4, -0.2) is 63.8 Å². The van der Waals surface area contributed by atoms with Crippen LogP contribution in [0.15, 0.2) is 15.8 Å². The van der Waals surface area contributed by atoms with E-state index in [0.717, 1.165) is 6.92 Å². The van der Waals surface area contributed by atoms with Crippen LogP contribution in [-0.2, 0) is 31.6 Å². The van der Waals surface area contributed by atoms with Crippen molar-refractivity contribution in [1.82, 2.24) is 9.55 Å². The van der Waals surface area contributed by atoms with Gasteiger partial charge in [0.2, 0.25) is 5.82 Å². The minimum Gasteiger partial charge on any atom is -0.396 e. The number of hydrogen-bond acceptors (Lipinski definition) is 11. The molecule has 0 spiro atoms. The third kappa shape index (κ3) is 7.03. The number of nitrogens with one attached hydrogen (secondary N) is 1. The highest BCUT2D eigenvalue weighted by atomic mass is 31.3. The number of hydrogen-bond donors (Lipinski definition) is 7. The number of phosphoric acid groups is 3. The number of aromatic amines is 1. The summed E-state index contributed by atoms with van der Waals surface area (Å²) in [5, 5.41) is 21.0. The van der Waals surface area contributed by atoms with Crippen LogP contribution in [0.2, 0.25) is 0 Å². The van der Waals surface area contributed by atoms with Crippen LogP contribution >= 0.6 is 23.5 Å². The van der Waals surface area contributed by atoms with E-state index in [0.29, 0.717) is 10.8 Å².